The van der Waals surface area contributed by atoms with Gasteiger partial charge in [-0.2, -0.15) is 0 Å². The van der Waals surface area contributed by atoms with Crippen molar-refractivity contribution in [3.8, 4) is 0 Å². The summed E-state index contributed by atoms with van der Waals surface area (Å²) < 4.78 is 0. The minimum absolute atomic E-state index is 0.118. The number of allylic oxidation sites excluding steroid dienone is 2. The lowest BCUT2D eigenvalue weighted by molar-refractivity contribution is -0.109. The van der Waals surface area contributed by atoms with Gasteiger partial charge in [0.15, 0.2) is 0 Å². The Morgan fingerprint density at radius 1 is 1.19 bits per heavy atom. The lowest BCUT2D eigenvalue weighted by Crippen LogP contribution is -2.34. The molecule has 2 N–H and O–H groups in total. The molecule has 1 aromatic rings. The van der Waals surface area contributed by atoms with Crippen molar-refractivity contribution in [1.29, 1.82) is 0 Å². The van der Waals surface area contributed by atoms with Crippen LogP contribution in [0.15, 0.2) is 35.9 Å². The zero-order valence-electron chi connectivity index (χ0n) is 16.4. The second-order valence-corrected chi connectivity index (χ2v) is 7.65. The van der Waals surface area contributed by atoms with Gasteiger partial charge in [-0.3, -0.25) is 4.79 Å². The van der Waals surface area contributed by atoms with Crippen molar-refractivity contribution in [3.05, 3.63) is 47.1 Å². The van der Waals surface area contributed by atoms with Gasteiger partial charge in [0, 0.05) is 18.2 Å². The van der Waals surface area contributed by atoms with E-state index in [-0.39, 0.29) is 11.5 Å². The average Bonchev–Trinajstić information content (AvgIpc) is 2.94. The van der Waals surface area contributed by atoms with E-state index in [1.807, 2.05) is 7.05 Å². The van der Waals surface area contributed by atoms with E-state index in [0.29, 0.717) is 0 Å². The monoisotopic (exact) mass is 352 g/mol. The Morgan fingerprint density at radius 3 is 2.54 bits per heavy atom. The zero-order valence-corrected chi connectivity index (χ0v) is 16.4. The maximum atomic E-state index is 11.0. The normalized spacial score (nSPS) is 19.9. The first-order valence-electron chi connectivity index (χ1n) is 10.1. The second kappa shape index (κ2) is 8.11. The van der Waals surface area contributed by atoms with Gasteiger partial charge in [0.2, 0.25) is 6.41 Å². The maximum absolute atomic E-state index is 11.0. The van der Waals surface area contributed by atoms with Crippen LogP contribution < -0.4 is 10.6 Å². The van der Waals surface area contributed by atoms with Crippen LogP contribution >= 0.6 is 0 Å². The molecule has 3 rings (SSSR count). The van der Waals surface area contributed by atoms with Crippen molar-refractivity contribution < 1.29 is 4.79 Å². The third-order valence-corrected chi connectivity index (χ3v) is 6.13. The highest BCUT2D eigenvalue weighted by Crippen LogP contribution is 2.55. The van der Waals surface area contributed by atoms with Crippen LogP contribution in [0.25, 0.3) is 5.57 Å². The lowest BCUT2D eigenvalue weighted by atomic mass is 9.68. The van der Waals surface area contributed by atoms with Crippen LogP contribution in [0.4, 0.5) is 5.69 Å². The molecule has 1 unspecified atom stereocenters. The Labute approximate surface area is 158 Å². The number of rotatable bonds is 9. The number of hydrogen-bond donors (Lipinski definition) is 2. The minimum Gasteiger partial charge on any atom is -0.388 e. The third kappa shape index (κ3) is 3.20. The van der Waals surface area contributed by atoms with E-state index in [9.17, 15) is 4.79 Å². The fraction of sp³-hybridized carbons (Fsp3) is 0.522. The Kier molecular flexibility index (Phi) is 5.85. The lowest BCUT2D eigenvalue weighted by Gasteiger charge is -2.37. The summed E-state index contributed by atoms with van der Waals surface area (Å²) in [7, 11) is 1.99. The number of anilines is 1. The van der Waals surface area contributed by atoms with Gasteiger partial charge in [0.05, 0.1) is 6.04 Å². The van der Waals surface area contributed by atoms with Crippen LogP contribution in [0.2, 0.25) is 0 Å². The van der Waals surface area contributed by atoms with Crippen molar-refractivity contribution in [3.63, 3.8) is 0 Å². The van der Waals surface area contributed by atoms with E-state index in [1.165, 1.54) is 60.9 Å². The van der Waals surface area contributed by atoms with Crippen LogP contribution in [-0.2, 0) is 10.2 Å². The Bertz CT molecular complexity index is 709. The topological polar surface area (TPSA) is 41.1 Å². The molecule has 140 valence electrons. The number of fused-ring (bicyclic) bond motifs is 2. The molecule has 0 fully saturated rings. The van der Waals surface area contributed by atoms with Crippen LogP contribution in [0.5, 0.6) is 0 Å². The van der Waals surface area contributed by atoms with Crippen molar-refractivity contribution in [2.24, 2.45) is 0 Å². The molecule has 3 heteroatoms. The Balaban J connectivity index is 2.11. The molecule has 0 saturated heterocycles. The van der Waals surface area contributed by atoms with Gasteiger partial charge in [-0.25, -0.2) is 0 Å². The maximum Gasteiger partial charge on any atom is 0.207 e. The molecule has 0 bridgehead atoms. The van der Waals surface area contributed by atoms with E-state index >= 15 is 0 Å². The summed E-state index contributed by atoms with van der Waals surface area (Å²) in [6.45, 7) is 4.56. The largest absolute Gasteiger partial charge is 0.388 e. The molecule has 0 spiro atoms. The average molecular weight is 353 g/mol. The number of hydrogen-bond acceptors (Lipinski definition) is 2. The summed E-state index contributed by atoms with van der Waals surface area (Å²) in [5, 5.41) is 6.30. The van der Waals surface area contributed by atoms with Gasteiger partial charge in [0.1, 0.15) is 0 Å². The van der Waals surface area contributed by atoms with Gasteiger partial charge in [-0.1, -0.05) is 57.7 Å². The molecule has 0 aromatic heterocycles. The second-order valence-electron chi connectivity index (χ2n) is 7.65. The summed E-state index contributed by atoms with van der Waals surface area (Å²) in [6, 6.07) is 6.96. The van der Waals surface area contributed by atoms with Crippen molar-refractivity contribution >= 4 is 17.7 Å². The molecule has 1 aromatic carbocycles. The molecule has 0 heterocycles. The predicted molar refractivity (Wildman–Crippen MR) is 110 cm³/mol. The number of benzene rings is 1. The molecular weight excluding hydrogens is 320 g/mol. The van der Waals surface area contributed by atoms with Gasteiger partial charge in [-0.05, 0) is 53.7 Å². The molecule has 0 radical (unpaired) electrons. The molecule has 2 aliphatic carbocycles. The highest BCUT2D eigenvalue weighted by molar-refractivity contribution is 5.88. The van der Waals surface area contributed by atoms with Crippen LogP contribution in [0.3, 0.4) is 0 Å². The van der Waals surface area contributed by atoms with Crippen molar-refractivity contribution in [2.75, 3.05) is 12.4 Å². The van der Waals surface area contributed by atoms with E-state index < -0.39 is 0 Å². The molecule has 0 saturated carbocycles. The summed E-state index contributed by atoms with van der Waals surface area (Å²) in [4.78, 5) is 11.0. The fourth-order valence-electron chi connectivity index (χ4n) is 4.76. The van der Waals surface area contributed by atoms with Gasteiger partial charge >= 0.3 is 0 Å². The van der Waals surface area contributed by atoms with E-state index in [4.69, 9.17) is 0 Å². The first-order valence-corrected chi connectivity index (χ1v) is 10.1. The first-order chi connectivity index (χ1) is 12.7. The molecule has 3 nitrogen and oxygen atoms in total. The van der Waals surface area contributed by atoms with Crippen molar-refractivity contribution in [1.82, 2.24) is 5.32 Å². The molecule has 1 amide bonds. The van der Waals surface area contributed by atoms with E-state index in [2.05, 4.69) is 54.8 Å². The van der Waals surface area contributed by atoms with E-state index in [1.54, 1.807) is 5.57 Å². The third-order valence-electron chi connectivity index (χ3n) is 6.13. The van der Waals surface area contributed by atoms with Gasteiger partial charge in [0.25, 0.3) is 0 Å². The summed E-state index contributed by atoms with van der Waals surface area (Å²) in [5.41, 5.74) is 7.15. The molecule has 2 aliphatic rings. The summed E-state index contributed by atoms with van der Waals surface area (Å²) >= 11 is 0. The first kappa shape index (κ1) is 18.8. The number of carbonyl (C=O) groups is 1. The number of amides is 1. The molecule has 0 aliphatic heterocycles. The minimum atomic E-state index is 0.118. The number of nitrogens with one attached hydrogen (secondary N) is 2. The van der Waals surface area contributed by atoms with Crippen LogP contribution in [-0.4, -0.2) is 19.5 Å². The van der Waals surface area contributed by atoms with Crippen molar-refractivity contribution in [2.45, 2.75) is 70.3 Å². The predicted octanol–water partition coefficient (Wildman–Crippen LogP) is 5.19. The Hall–Kier alpha value is -2.03. The highest BCUT2D eigenvalue weighted by atomic mass is 16.1. The summed E-state index contributed by atoms with van der Waals surface area (Å²) in [6.07, 6.45) is 13.5. The van der Waals surface area contributed by atoms with E-state index in [0.717, 1.165) is 12.8 Å². The fourth-order valence-corrected chi connectivity index (χ4v) is 4.76. The highest BCUT2D eigenvalue weighted by Gasteiger charge is 2.44. The quantitative estimate of drug-likeness (QED) is 0.601. The zero-order chi connectivity index (χ0) is 18.6. The number of unbranched alkanes of at least 4 members (excludes halogenated alkanes) is 2. The van der Waals surface area contributed by atoms with Gasteiger partial charge < -0.3 is 10.6 Å². The standard InChI is InChI=1S/C23H32N2O/c1-4-6-12-23(13-7-5-2)21-14-17(24-3)8-10-19(21)20-11-9-18(25-16-26)15-22(20)23/h8-11,14,16,18,24H,4-7,12-13,15H2,1-3H3,(H,25,26). The molecule has 1 atom stereocenters. The van der Waals surface area contributed by atoms with Gasteiger partial charge in [-0.15, -0.1) is 0 Å². The smallest absolute Gasteiger partial charge is 0.207 e. The van der Waals surface area contributed by atoms with Crippen LogP contribution in [0.1, 0.15) is 69.9 Å². The number of carbonyl (C=O) groups excluding carboxylic acids is 1. The molecule has 26 heavy (non-hydrogen) atoms. The Morgan fingerprint density at radius 2 is 1.92 bits per heavy atom. The molecular formula is C23H32N2O. The summed E-state index contributed by atoms with van der Waals surface area (Å²) in [5.74, 6) is 0. The van der Waals surface area contributed by atoms with Crippen LogP contribution in [0, 0.1) is 0 Å². The SMILES string of the molecule is CCCCC1(CCCC)C2=C(C=CC(NC=O)C2)c2ccc(NC)cc21.